The maximum absolute atomic E-state index is 12.9. The number of aliphatic carboxylic acids is 1. The Morgan fingerprint density at radius 3 is 2.76 bits per heavy atom. The van der Waals surface area contributed by atoms with Crippen LogP contribution in [0.5, 0.6) is 11.8 Å². The number of aromatic nitrogens is 4. The number of nitrogen functional groups attached to an aromatic ring is 1. The van der Waals surface area contributed by atoms with Crippen LogP contribution >= 0.6 is 0 Å². The standard InChI is InChI=1S/C26H36N6O5/c1-3-4-13-37-25-29-23(27)22-24(30-25)32(26(35)28-22)17(2)19-8-10-31(11-9-19)12-14-36-20-7-5-6-18(15-20)16-21(33)34/h5-7,15,17,19H,3-4,8-14,16H2,1-2H3,(H,28,35)(H,33,34)(H2,27,29,30). The first-order valence-electron chi connectivity index (χ1n) is 12.9. The summed E-state index contributed by atoms with van der Waals surface area (Å²) in [6.07, 6.45) is 3.74. The lowest BCUT2D eigenvalue weighted by atomic mass is 9.90. The van der Waals surface area contributed by atoms with Crippen molar-refractivity contribution in [3.05, 3.63) is 40.3 Å². The first kappa shape index (κ1) is 26.5. The highest BCUT2D eigenvalue weighted by molar-refractivity contribution is 5.82. The molecule has 0 bridgehead atoms. The molecule has 200 valence electrons. The van der Waals surface area contributed by atoms with Gasteiger partial charge in [-0.3, -0.25) is 14.3 Å². The van der Waals surface area contributed by atoms with Gasteiger partial charge in [0, 0.05) is 12.6 Å². The van der Waals surface area contributed by atoms with Crippen LogP contribution < -0.4 is 20.9 Å². The minimum Gasteiger partial charge on any atom is -0.492 e. The second-order valence-corrected chi connectivity index (χ2v) is 9.58. The number of fused-ring (bicyclic) bond motifs is 1. The van der Waals surface area contributed by atoms with Crippen molar-refractivity contribution in [1.29, 1.82) is 0 Å². The highest BCUT2D eigenvalue weighted by Crippen LogP contribution is 2.30. The number of benzene rings is 1. The molecule has 1 saturated heterocycles. The van der Waals surface area contributed by atoms with Crippen LogP contribution in [-0.2, 0) is 11.2 Å². The minimum absolute atomic E-state index is 0.0196. The smallest absolute Gasteiger partial charge is 0.328 e. The number of hydrogen-bond donors (Lipinski definition) is 3. The van der Waals surface area contributed by atoms with E-state index in [2.05, 4.69) is 33.7 Å². The summed E-state index contributed by atoms with van der Waals surface area (Å²) in [6, 6.07) is 7.35. The molecule has 1 aliphatic rings. The van der Waals surface area contributed by atoms with Gasteiger partial charge in [-0.2, -0.15) is 9.97 Å². The average molecular weight is 513 g/mol. The van der Waals surface area contributed by atoms with E-state index in [1.54, 1.807) is 16.7 Å². The number of hydrogen-bond acceptors (Lipinski definition) is 8. The van der Waals surface area contributed by atoms with Crippen molar-refractivity contribution in [3.63, 3.8) is 0 Å². The first-order valence-corrected chi connectivity index (χ1v) is 12.9. The van der Waals surface area contributed by atoms with Gasteiger partial charge in [-0.05, 0) is 62.9 Å². The third-order valence-corrected chi connectivity index (χ3v) is 6.96. The SMILES string of the molecule is CCCCOc1nc(N)c2[nH]c(=O)n(C(C)C3CCN(CCOc4cccc(CC(=O)O)c4)CC3)c2n1. The second-order valence-electron chi connectivity index (χ2n) is 9.58. The van der Waals surface area contributed by atoms with E-state index < -0.39 is 5.97 Å². The van der Waals surface area contributed by atoms with Crippen LogP contribution in [-0.4, -0.2) is 68.3 Å². The average Bonchev–Trinajstić information content (AvgIpc) is 3.20. The van der Waals surface area contributed by atoms with E-state index >= 15 is 0 Å². The monoisotopic (exact) mass is 512 g/mol. The lowest BCUT2D eigenvalue weighted by Crippen LogP contribution is -2.39. The number of carboxylic acids is 1. The van der Waals surface area contributed by atoms with Crippen molar-refractivity contribution in [2.45, 2.75) is 52.0 Å². The summed E-state index contributed by atoms with van der Waals surface area (Å²) in [5.41, 5.74) is 7.51. The molecule has 3 aromatic rings. The van der Waals surface area contributed by atoms with Crippen molar-refractivity contribution in [1.82, 2.24) is 24.4 Å². The summed E-state index contributed by atoms with van der Waals surface area (Å²) in [7, 11) is 0. The Balaban J connectivity index is 1.33. The number of nitrogens with one attached hydrogen (secondary N) is 1. The number of H-pyrrole nitrogens is 1. The van der Waals surface area contributed by atoms with E-state index in [-0.39, 0.29) is 30.0 Å². The van der Waals surface area contributed by atoms with Gasteiger partial charge >= 0.3 is 17.7 Å². The summed E-state index contributed by atoms with van der Waals surface area (Å²) in [6.45, 7) is 7.73. The molecule has 1 aromatic carbocycles. The van der Waals surface area contributed by atoms with E-state index in [9.17, 15) is 9.59 Å². The zero-order chi connectivity index (χ0) is 26.4. The van der Waals surface area contributed by atoms with Gasteiger partial charge in [0.25, 0.3) is 0 Å². The summed E-state index contributed by atoms with van der Waals surface area (Å²) in [5.74, 6) is 0.339. The molecule has 0 amide bonds. The molecule has 0 spiro atoms. The van der Waals surface area contributed by atoms with Gasteiger partial charge in [-0.15, -0.1) is 0 Å². The van der Waals surface area contributed by atoms with Gasteiger partial charge < -0.3 is 25.3 Å². The number of ether oxygens (including phenoxy) is 2. The van der Waals surface area contributed by atoms with Gasteiger partial charge in [-0.25, -0.2) is 4.79 Å². The number of nitrogens with two attached hydrogens (primary N) is 1. The molecule has 11 nitrogen and oxygen atoms in total. The third-order valence-electron chi connectivity index (χ3n) is 6.96. The van der Waals surface area contributed by atoms with Crippen LogP contribution in [0.1, 0.15) is 51.1 Å². The molecule has 4 N–H and O–H groups in total. The van der Waals surface area contributed by atoms with Gasteiger partial charge in [0.2, 0.25) is 0 Å². The van der Waals surface area contributed by atoms with Crippen LogP contribution in [0.25, 0.3) is 11.2 Å². The number of anilines is 1. The first-order chi connectivity index (χ1) is 17.9. The maximum Gasteiger partial charge on any atom is 0.328 e. The van der Waals surface area contributed by atoms with Gasteiger partial charge in [0.05, 0.1) is 13.0 Å². The number of carbonyl (C=O) groups is 1. The topological polar surface area (TPSA) is 149 Å². The Hall–Kier alpha value is -3.60. The quantitative estimate of drug-likeness (QED) is 0.311. The number of aromatic amines is 1. The minimum atomic E-state index is -0.860. The zero-order valence-electron chi connectivity index (χ0n) is 21.5. The van der Waals surface area contributed by atoms with Crippen molar-refractivity contribution in [3.8, 4) is 11.8 Å². The van der Waals surface area contributed by atoms with E-state index in [0.717, 1.165) is 50.9 Å². The summed E-state index contributed by atoms with van der Waals surface area (Å²) < 4.78 is 13.2. The number of rotatable bonds is 12. The number of nitrogens with zero attached hydrogens (tertiary/aromatic N) is 4. The predicted octanol–water partition coefficient (Wildman–Crippen LogP) is 2.86. The fourth-order valence-electron chi connectivity index (χ4n) is 4.83. The van der Waals surface area contributed by atoms with Crippen LogP contribution in [0.15, 0.2) is 29.1 Å². The van der Waals surface area contributed by atoms with Gasteiger partial charge in [-0.1, -0.05) is 25.5 Å². The predicted molar refractivity (Wildman–Crippen MR) is 140 cm³/mol. The number of piperidine rings is 1. The normalized spacial score (nSPS) is 15.6. The van der Waals surface area contributed by atoms with Crippen LogP contribution in [0, 0.1) is 5.92 Å². The summed E-state index contributed by atoms with van der Waals surface area (Å²) in [4.78, 5) is 37.7. The Morgan fingerprint density at radius 2 is 2.03 bits per heavy atom. The third kappa shape index (κ3) is 6.59. The molecule has 1 aliphatic heterocycles. The zero-order valence-corrected chi connectivity index (χ0v) is 21.5. The lowest BCUT2D eigenvalue weighted by Gasteiger charge is -2.35. The molecular formula is C26H36N6O5. The second kappa shape index (κ2) is 12.1. The molecule has 1 atom stereocenters. The van der Waals surface area contributed by atoms with Crippen molar-refractivity contribution in [2.24, 2.45) is 5.92 Å². The number of unbranched alkanes of at least 4 members (excludes halogenated alkanes) is 1. The van der Waals surface area contributed by atoms with E-state index in [1.807, 2.05) is 12.1 Å². The molecule has 2 aromatic heterocycles. The van der Waals surface area contributed by atoms with Crippen LogP contribution in [0.2, 0.25) is 0 Å². The molecule has 37 heavy (non-hydrogen) atoms. The molecule has 0 saturated carbocycles. The molecule has 0 radical (unpaired) electrons. The van der Waals surface area contributed by atoms with Gasteiger partial charge in [0.1, 0.15) is 17.9 Å². The lowest BCUT2D eigenvalue weighted by molar-refractivity contribution is -0.136. The summed E-state index contributed by atoms with van der Waals surface area (Å²) in [5, 5.41) is 8.97. The van der Waals surface area contributed by atoms with Crippen molar-refractivity contribution in [2.75, 3.05) is 38.6 Å². The Kier molecular flexibility index (Phi) is 8.65. The summed E-state index contributed by atoms with van der Waals surface area (Å²) >= 11 is 0. The Labute approximate surface area is 215 Å². The fraction of sp³-hybridized carbons (Fsp3) is 0.538. The molecule has 0 aliphatic carbocycles. The van der Waals surface area contributed by atoms with Crippen LogP contribution in [0.3, 0.4) is 0 Å². The largest absolute Gasteiger partial charge is 0.492 e. The number of likely N-dealkylation sites (tertiary alicyclic amines) is 1. The Morgan fingerprint density at radius 1 is 1.24 bits per heavy atom. The highest BCUT2D eigenvalue weighted by Gasteiger charge is 2.28. The molecule has 4 rings (SSSR count). The van der Waals surface area contributed by atoms with Crippen molar-refractivity contribution >= 4 is 23.0 Å². The van der Waals surface area contributed by atoms with E-state index in [1.165, 1.54) is 0 Å². The molecule has 1 fully saturated rings. The molecule has 3 heterocycles. The number of carboxylic acid groups (broad SMARTS) is 1. The van der Waals surface area contributed by atoms with E-state index in [4.69, 9.17) is 20.3 Å². The van der Waals surface area contributed by atoms with Crippen molar-refractivity contribution < 1.29 is 19.4 Å². The highest BCUT2D eigenvalue weighted by atomic mass is 16.5. The van der Waals surface area contributed by atoms with Gasteiger partial charge in [0.15, 0.2) is 11.5 Å². The number of imidazole rings is 1. The molecule has 11 heteroatoms. The van der Waals surface area contributed by atoms with Crippen LogP contribution in [0.4, 0.5) is 5.82 Å². The Bertz CT molecular complexity index is 1260. The fourth-order valence-corrected chi connectivity index (χ4v) is 4.83. The van der Waals surface area contributed by atoms with E-state index in [0.29, 0.717) is 36.0 Å². The molecular weight excluding hydrogens is 476 g/mol. The molecule has 1 unspecified atom stereocenters. The maximum atomic E-state index is 12.9.